The highest BCUT2D eigenvalue weighted by Crippen LogP contribution is 2.20. The summed E-state index contributed by atoms with van der Waals surface area (Å²) in [4.78, 5) is 16.0. The SMILES string of the molecule is Br.COC(=O)c1ccc2nc(-c3ccc(C#N)cc3)cn2c1. The van der Waals surface area contributed by atoms with E-state index in [4.69, 9.17) is 10.00 Å². The van der Waals surface area contributed by atoms with Crippen molar-refractivity contribution in [2.24, 2.45) is 0 Å². The Balaban J connectivity index is 0.00000176. The van der Waals surface area contributed by atoms with E-state index in [0.717, 1.165) is 16.9 Å². The van der Waals surface area contributed by atoms with Crippen LogP contribution in [0.4, 0.5) is 0 Å². The molecule has 6 heteroatoms. The number of methoxy groups -OCH3 is 1. The average Bonchev–Trinajstić information content (AvgIpc) is 2.97. The highest BCUT2D eigenvalue weighted by atomic mass is 79.9. The molecule has 0 fully saturated rings. The third kappa shape index (κ3) is 2.85. The Labute approximate surface area is 137 Å². The topological polar surface area (TPSA) is 67.4 Å². The van der Waals surface area contributed by atoms with Gasteiger partial charge in [0.25, 0.3) is 0 Å². The zero-order valence-corrected chi connectivity index (χ0v) is 13.4. The van der Waals surface area contributed by atoms with Crippen LogP contribution in [0.3, 0.4) is 0 Å². The number of hydrogen-bond donors (Lipinski definition) is 0. The highest BCUT2D eigenvalue weighted by molar-refractivity contribution is 8.93. The van der Waals surface area contributed by atoms with Crippen LogP contribution < -0.4 is 0 Å². The number of fused-ring (bicyclic) bond motifs is 1. The van der Waals surface area contributed by atoms with Gasteiger partial charge < -0.3 is 9.14 Å². The summed E-state index contributed by atoms with van der Waals surface area (Å²) in [5.41, 5.74) is 3.50. The molecule has 0 atom stereocenters. The molecule has 0 unspecified atom stereocenters. The van der Waals surface area contributed by atoms with E-state index in [-0.39, 0.29) is 23.0 Å². The lowest BCUT2D eigenvalue weighted by Gasteiger charge is -1.99. The summed E-state index contributed by atoms with van der Waals surface area (Å²) in [7, 11) is 1.35. The molecule has 110 valence electrons. The molecule has 0 saturated heterocycles. The van der Waals surface area contributed by atoms with Crippen LogP contribution in [0.15, 0.2) is 48.8 Å². The predicted octanol–water partition coefficient (Wildman–Crippen LogP) is 3.24. The Kier molecular flexibility index (Phi) is 4.59. The lowest BCUT2D eigenvalue weighted by Crippen LogP contribution is -2.02. The van der Waals surface area contributed by atoms with Gasteiger partial charge in [-0.3, -0.25) is 0 Å². The number of aromatic nitrogens is 2. The Hall–Kier alpha value is -2.65. The molecule has 3 aromatic rings. The van der Waals surface area contributed by atoms with Gasteiger partial charge in [-0.2, -0.15) is 5.26 Å². The van der Waals surface area contributed by atoms with E-state index in [9.17, 15) is 4.79 Å². The van der Waals surface area contributed by atoms with Crippen molar-refractivity contribution in [2.45, 2.75) is 0 Å². The van der Waals surface area contributed by atoms with E-state index in [2.05, 4.69) is 11.1 Å². The van der Waals surface area contributed by atoms with Crippen LogP contribution in [-0.2, 0) is 4.74 Å². The molecular weight excluding hydrogens is 346 g/mol. The van der Waals surface area contributed by atoms with E-state index < -0.39 is 0 Å². The smallest absolute Gasteiger partial charge is 0.339 e. The summed E-state index contributed by atoms with van der Waals surface area (Å²) in [6.45, 7) is 0. The third-order valence-electron chi connectivity index (χ3n) is 3.18. The molecular formula is C16H12BrN3O2. The van der Waals surface area contributed by atoms with Crippen LogP contribution in [0.1, 0.15) is 15.9 Å². The Morgan fingerprint density at radius 1 is 1.18 bits per heavy atom. The fourth-order valence-electron chi connectivity index (χ4n) is 2.09. The van der Waals surface area contributed by atoms with Gasteiger partial charge in [-0.15, -0.1) is 17.0 Å². The number of rotatable bonds is 2. The van der Waals surface area contributed by atoms with Crippen LogP contribution in [0.25, 0.3) is 16.9 Å². The Bertz CT molecular complexity index is 863. The van der Waals surface area contributed by atoms with E-state index in [1.54, 1.807) is 34.9 Å². The largest absolute Gasteiger partial charge is 0.465 e. The van der Waals surface area contributed by atoms with E-state index >= 15 is 0 Å². The van der Waals surface area contributed by atoms with Gasteiger partial charge in [-0.25, -0.2) is 9.78 Å². The minimum atomic E-state index is -0.384. The molecule has 0 aliphatic carbocycles. The van der Waals surface area contributed by atoms with E-state index in [1.807, 2.05) is 18.3 Å². The molecule has 5 nitrogen and oxygen atoms in total. The van der Waals surface area contributed by atoms with Gasteiger partial charge in [-0.1, -0.05) is 12.1 Å². The normalized spacial score (nSPS) is 9.82. The number of nitriles is 1. The van der Waals surface area contributed by atoms with Crippen molar-refractivity contribution in [3.05, 3.63) is 59.9 Å². The molecule has 0 amide bonds. The van der Waals surface area contributed by atoms with Gasteiger partial charge in [0.15, 0.2) is 0 Å². The van der Waals surface area contributed by atoms with Crippen LogP contribution >= 0.6 is 17.0 Å². The Morgan fingerprint density at radius 3 is 2.55 bits per heavy atom. The zero-order chi connectivity index (χ0) is 14.8. The van der Waals surface area contributed by atoms with Crippen molar-refractivity contribution in [1.29, 1.82) is 5.26 Å². The van der Waals surface area contributed by atoms with Crippen molar-refractivity contribution in [3.63, 3.8) is 0 Å². The number of carbonyl (C=O) groups is 1. The molecule has 0 N–H and O–H groups in total. The minimum Gasteiger partial charge on any atom is -0.465 e. The number of pyridine rings is 1. The monoisotopic (exact) mass is 357 g/mol. The van der Waals surface area contributed by atoms with Crippen LogP contribution in [0.5, 0.6) is 0 Å². The molecule has 0 bridgehead atoms. The third-order valence-corrected chi connectivity index (χ3v) is 3.18. The van der Waals surface area contributed by atoms with Crippen molar-refractivity contribution in [3.8, 4) is 17.3 Å². The van der Waals surface area contributed by atoms with E-state index in [1.165, 1.54) is 7.11 Å². The minimum absolute atomic E-state index is 0. The first-order valence-corrected chi connectivity index (χ1v) is 6.29. The molecule has 3 rings (SSSR count). The number of halogens is 1. The first kappa shape index (κ1) is 15.7. The standard InChI is InChI=1S/C16H11N3O2.BrH/c1-21-16(20)13-6-7-15-18-14(10-19(15)9-13)12-4-2-11(8-17)3-5-12;/h2-7,9-10H,1H3;1H. The maximum Gasteiger partial charge on any atom is 0.339 e. The quantitative estimate of drug-likeness (QED) is 0.660. The fraction of sp³-hybridized carbons (Fsp3) is 0.0625. The number of esters is 1. The average molecular weight is 358 g/mol. The molecule has 1 aromatic carbocycles. The molecule has 0 aliphatic heterocycles. The van der Waals surface area contributed by atoms with Crippen LogP contribution in [0, 0.1) is 11.3 Å². The van der Waals surface area contributed by atoms with Crippen LogP contribution in [-0.4, -0.2) is 22.5 Å². The summed E-state index contributed by atoms with van der Waals surface area (Å²) in [5.74, 6) is -0.384. The van der Waals surface area contributed by atoms with Crippen molar-refractivity contribution in [2.75, 3.05) is 7.11 Å². The molecule has 2 heterocycles. The summed E-state index contributed by atoms with van der Waals surface area (Å²) >= 11 is 0. The number of carbonyl (C=O) groups excluding carboxylic acids is 1. The second-order valence-electron chi connectivity index (χ2n) is 4.49. The lowest BCUT2D eigenvalue weighted by atomic mass is 10.1. The van der Waals surface area contributed by atoms with Gasteiger partial charge in [0.2, 0.25) is 0 Å². The van der Waals surface area contributed by atoms with Gasteiger partial charge in [-0.05, 0) is 24.3 Å². The first-order chi connectivity index (χ1) is 10.2. The fourth-order valence-corrected chi connectivity index (χ4v) is 2.09. The second kappa shape index (κ2) is 6.41. The molecule has 2 aromatic heterocycles. The number of nitrogens with zero attached hydrogens (tertiary/aromatic N) is 3. The first-order valence-electron chi connectivity index (χ1n) is 6.29. The summed E-state index contributed by atoms with van der Waals surface area (Å²) in [5, 5.41) is 8.81. The van der Waals surface area contributed by atoms with Crippen molar-refractivity contribution in [1.82, 2.24) is 9.38 Å². The van der Waals surface area contributed by atoms with Crippen LogP contribution in [0.2, 0.25) is 0 Å². The van der Waals surface area contributed by atoms with E-state index in [0.29, 0.717) is 11.1 Å². The highest BCUT2D eigenvalue weighted by Gasteiger charge is 2.09. The second-order valence-corrected chi connectivity index (χ2v) is 4.49. The van der Waals surface area contributed by atoms with Crippen molar-refractivity contribution < 1.29 is 9.53 Å². The molecule has 0 saturated carbocycles. The number of benzene rings is 1. The number of imidazole rings is 1. The van der Waals surface area contributed by atoms with Gasteiger partial charge in [0, 0.05) is 18.0 Å². The predicted molar refractivity (Wildman–Crippen MR) is 87.0 cm³/mol. The Morgan fingerprint density at radius 2 is 1.91 bits per heavy atom. The summed E-state index contributed by atoms with van der Waals surface area (Å²) < 4.78 is 6.48. The zero-order valence-electron chi connectivity index (χ0n) is 11.7. The molecule has 0 radical (unpaired) electrons. The maximum atomic E-state index is 11.5. The molecule has 0 aliphatic rings. The molecule has 22 heavy (non-hydrogen) atoms. The van der Waals surface area contributed by atoms with Gasteiger partial charge in [0.1, 0.15) is 5.65 Å². The lowest BCUT2D eigenvalue weighted by molar-refractivity contribution is 0.0600. The number of hydrogen-bond acceptors (Lipinski definition) is 4. The molecule has 0 spiro atoms. The maximum absolute atomic E-state index is 11.5. The van der Waals surface area contributed by atoms with Gasteiger partial charge in [0.05, 0.1) is 30.0 Å². The summed E-state index contributed by atoms with van der Waals surface area (Å²) in [6.07, 6.45) is 3.52. The number of ether oxygens (including phenoxy) is 1. The van der Waals surface area contributed by atoms with Gasteiger partial charge >= 0.3 is 5.97 Å². The van der Waals surface area contributed by atoms with Crippen molar-refractivity contribution >= 4 is 28.6 Å². The summed E-state index contributed by atoms with van der Waals surface area (Å²) in [6, 6.07) is 12.7.